The zero-order chi connectivity index (χ0) is 14.1. The first-order chi connectivity index (χ1) is 8.46. The van der Waals surface area contributed by atoms with Gasteiger partial charge in [-0.2, -0.15) is 0 Å². The van der Waals surface area contributed by atoms with Gasteiger partial charge >= 0.3 is 11.9 Å². The van der Waals surface area contributed by atoms with E-state index in [2.05, 4.69) is 19.5 Å². The van der Waals surface area contributed by atoms with Gasteiger partial charge in [0, 0.05) is 7.11 Å². The Kier molecular flexibility index (Phi) is 7.69. The molecule has 0 rings (SSSR count). The maximum absolute atomic E-state index is 11.5. The molecule has 0 bridgehead atoms. The summed E-state index contributed by atoms with van der Waals surface area (Å²) < 4.78 is 13.7. The number of ether oxygens (including phenoxy) is 3. The van der Waals surface area contributed by atoms with E-state index in [-0.39, 0.29) is 13.0 Å². The lowest BCUT2D eigenvalue weighted by Crippen LogP contribution is -2.47. The van der Waals surface area contributed by atoms with E-state index in [0.29, 0.717) is 0 Å². The third-order valence-corrected chi connectivity index (χ3v) is 2.33. The second-order valence-corrected chi connectivity index (χ2v) is 3.76. The summed E-state index contributed by atoms with van der Waals surface area (Å²) in [5.41, 5.74) is 0. The van der Waals surface area contributed by atoms with Crippen LogP contribution in [0, 0.1) is 5.92 Å². The van der Waals surface area contributed by atoms with E-state index in [9.17, 15) is 14.4 Å². The fourth-order valence-corrected chi connectivity index (χ4v) is 1.37. The lowest BCUT2D eigenvalue weighted by Gasteiger charge is -2.21. The van der Waals surface area contributed by atoms with Gasteiger partial charge in [-0.25, -0.2) is 4.79 Å². The molecule has 0 aliphatic rings. The molecule has 0 unspecified atom stereocenters. The van der Waals surface area contributed by atoms with E-state index in [4.69, 9.17) is 0 Å². The van der Waals surface area contributed by atoms with Gasteiger partial charge in [0.1, 0.15) is 12.6 Å². The number of amides is 1. The number of hydrogen-bond acceptors (Lipinski definition) is 6. The first-order valence-electron chi connectivity index (χ1n) is 5.39. The highest BCUT2D eigenvalue weighted by atomic mass is 16.5. The van der Waals surface area contributed by atoms with Crippen molar-refractivity contribution in [2.45, 2.75) is 19.4 Å². The summed E-state index contributed by atoms with van der Waals surface area (Å²) in [6.07, 6.45) is 0.00350. The molecule has 0 aromatic rings. The van der Waals surface area contributed by atoms with E-state index >= 15 is 0 Å². The molecule has 0 saturated carbocycles. The maximum atomic E-state index is 11.5. The van der Waals surface area contributed by atoms with Crippen molar-refractivity contribution in [3.8, 4) is 0 Å². The smallest absolute Gasteiger partial charge is 0.328 e. The van der Waals surface area contributed by atoms with E-state index in [1.54, 1.807) is 6.92 Å². The minimum absolute atomic E-state index is 0.00350. The fraction of sp³-hybridized carbons (Fsp3) is 0.727. The van der Waals surface area contributed by atoms with Gasteiger partial charge in [-0.15, -0.1) is 0 Å². The van der Waals surface area contributed by atoms with Crippen LogP contribution < -0.4 is 5.32 Å². The van der Waals surface area contributed by atoms with Crippen LogP contribution in [0.25, 0.3) is 0 Å². The van der Waals surface area contributed by atoms with Crippen molar-refractivity contribution in [1.29, 1.82) is 0 Å². The van der Waals surface area contributed by atoms with Gasteiger partial charge in [0.15, 0.2) is 0 Å². The number of methoxy groups -OCH3 is 3. The Balaban J connectivity index is 4.61. The quantitative estimate of drug-likeness (QED) is 0.621. The molecule has 7 heteroatoms. The molecule has 0 aromatic heterocycles. The number of esters is 2. The van der Waals surface area contributed by atoms with Crippen molar-refractivity contribution in [2.75, 3.05) is 27.9 Å². The lowest BCUT2D eigenvalue weighted by atomic mass is 9.98. The second-order valence-electron chi connectivity index (χ2n) is 3.76. The summed E-state index contributed by atoms with van der Waals surface area (Å²) in [5.74, 6) is -1.97. The monoisotopic (exact) mass is 261 g/mol. The number of carbonyl (C=O) groups is 3. The van der Waals surface area contributed by atoms with Crippen molar-refractivity contribution in [3.05, 3.63) is 0 Å². The number of rotatable bonds is 7. The minimum atomic E-state index is -0.906. The number of carbonyl (C=O) groups excluding carboxylic acids is 3. The van der Waals surface area contributed by atoms with E-state index in [0.717, 1.165) is 0 Å². The lowest BCUT2D eigenvalue weighted by molar-refractivity contribution is -0.148. The molecule has 0 radical (unpaired) electrons. The predicted molar refractivity (Wildman–Crippen MR) is 61.6 cm³/mol. The molecule has 1 amide bonds. The summed E-state index contributed by atoms with van der Waals surface area (Å²) >= 11 is 0. The maximum Gasteiger partial charge on any atom is 0.328 e. The fourth-order valence-electron chi connectivity index (χ4n) is 1.37. The molecular formula is C11H19NO6. The number of nitrogens with one attached hydrogen (secondary N) is 1. The van der Waals surface area contributed by atoms with Crippen molar-refractivity contribution < 1.29 is 28.6 Å². The van der Waals surface area contributed by atoms with Gasteiger partial charge in [-0.05, 0) is 5.92 Å². The summed E-state index contributed by atoms with van der Waals surface area (Å²) in [7, 11) is 3.83. The Bertz CT molecular complexity index is 304. The first-order valence-corrected chi connectivity index (χ1v) is 5.39. The van der Waals surface area contributed by atoms with Gasteiger partial charge in [0.2, 0.25) is 5.91 Å². The van der Waals surface area contributed by atoms with Crippen molar-refractivity contribution in [2.24, 2.45) is 5.92 Å². The van der Waals surface area contributed by atoms with Crippen molar-refractivity contribution >= 4 is 17.8 Å². The average molecular weight is 261 g/mol. The molecule has 0 spiro atoms. The predicted octanol–water partition coefficient (Wildman–Crippen LogP) is -0.510. The van der Waals surface area contributed by atoms with Gasteiger partial charge in [-0.1, -0.05) is 6.92 Å². The molecule has 0 aromatic carbocycles. The molecule has 0 fully saturated rings. The van der Waals surface area contributed by atoms with Crippen LogP contribution in [0.3, 0.4) is 0 Å². The zero-order valence-electron chi connectivity index (χ0n) is 11.0. The van der Waals surface area contributed by atoms with E-state index in [1.165, 1.54) is 21.3 Å². The summed E-state index contributed by atoms with van der Waals surface area (Å²) in [4.78, 5) is 34.0. The molecule has 7 nitrogen and oxygen atoms in total. The van der Waals surface area contributed by atoms with E-state index < -0.39 is 29.8 Å². The highest BCUT2D eigenvalue weighted by molar-refractivity contribution is 5.85. The number of hydrogen-bond donors (Lipinski definition) is 1. The SMILES string of the molecule is COCC(=O)N[C@H](C(=O)OC)[C@H](C)CC(=O)OC. The molecule has 2 atom stereocenters. The van der Waals surface area contributed by atoms with Crippen LogP contribution in [0.1, 0.15) is 13.3 Å². The van der Waals surface area contributed by atoms with Gasteiger partial charge in [0.05, 0.1) is 20.6 Å². The standard InChI is InChI=1S/C11H19NO6/c1-7(5-9(14)17-3)10(11(15)18-4)12-8(13)6-16-2/h7,10H,5-6H2,1-4H3,(H,12,13)/t7-,10+/m1/s1. The Morgan fingerprint density at radius 1 is 1.11 bits per heavy atom. The second kappa shape index (κ2) is 8.46. The summed E-state index contributed by atoms with van der Waals surface area (Å²) in [6.45, 7) is 1.48. The topological polar surface area (TPSA) is 90.9 Å². The Morgan fingerprint density at radius 2 is 1.72 bits per heavy atom. The van der Waals surface area contributed by atoms with Crippen molar-refractivity contribution in [1.82, 2.24) is 5.32 Å². The van der Waals surface area contributed by atoms with Gasteiger partial charge in [-0.3, -0.25) is 9.59 Å². The third-order valence-electron chi connectivity index (χ3n) is 2.33. The molecule has 1 N–H and O–H groups in total. The van der Waals surface area contributed by atoms with Crippen LogP contribution in [0.4, 0.5) is 0 Å². The molecule has 0 saturated heterocycles. The van der Waals surface area contributed by atoms with Crippen LogP contribution in [-0.2, 0) is 28.6 Å². The molecule has 0 heterocycles. The van der Waals surface area contributed by atoms with Gasteiger partial charge in [0.25, 0.3) is 0 Å². The van der Waals surface area contributed by atoms with Crippen LogP contribution in [0.2, 0.25) is 0 Å². The third kappa shape index (κ3) is 5.62. The largest absolute Gasteiger partial charge is 0.469 e. The van der Waals surface area contributed by atoms with Crippen molar-refractivity contribution in [3.63, 3.8) is 0 Å². The van der Waals surface area contributed by atoms with Crippen LogP contribution in [0.15, 0.2) is 0 Å². The minimum Gasteiger partial charge on any atom is -0.469 e. The molecule has 0 aliphatic carbocycles. The van der Waals surface area contributed by atoms with Crippen LogP contribution >= 0.6 is 0 Å². The summed E-state index contributed by atoms with van der Waals surface area (Å²) in [6, 6.07) is -0.906. The zero-order valence-corrected chi connectivity index (χ0v) is 11.0. The average Bonchev–Trinajstić information content (AvgIpc) is 2.34. The Hall–Kier alpha value is -1.63. The normalized spacial score (nSPS) is 13.3. The molecule has 0 aliphatic heterocycles. The molecule has 18 heavy (non-hydrogen) atoms. The van der Waals surface area contributed by atoms with E-state index in [1.807, 2.05) is 0 Å². The van der Waals surface area contributed by atoms with Crippen LogP contribution in [0.5, 0.6) is 0 Å². The highest BCUT2D eigenvalue weighted by Crippen LogP contribution is 2.11. The molecular weight excluding hydrogens is 242 g/mol. The molecule has 104 valence electrons. The first kappa shape index (κ1) is 16.4. The van der Waals surface area contributed by atoms with Gasteiger partial charge < -0.3 is 19.5 Å². The summed E-state index contributed by atoms with van der Waals surface area (Å²) in [5, 5.41) is 2.45. The Morgan fingerprint density at radius 3 is 2.17 bits per heavy atom. The van der Waals surface area contributed by atoms with Crippen LogP contribution in [-0.4, -0.2) is 51.8 Å². The Labute approximate surface area is 106 Å². The highest BCUT2D eigenvalue weighted by Gasteiger charge is 2.29.